The van der Waals surface area contributed by atoms with Gasteiger partial charge in [0.15, 0.2) is 0 Å². The van der Waals surface area contributed by atoms with Crippen molar-refractivity contribution in [3.05, 3.63) is 0 Å². The Morgan fingerprint density at radius 3 is 2.45 bits per heavy atom. The predicted octanol–water partition coefficient (Wildman–Crippen LogP) is -1.53. The number of ketones is 1. The first kappa shape index (κ1) is 7.35. The minimum absolute atomic E-state index is 0.232. The molecule has 1 saturated heterocycles. The van der Waals surface area contributed by atoms with Gasteiger partial charge in [0.1, 0.15) is 0 Å². The summed E-state index contributed by atoms with van der Waals surface area (Å²) >= 11 is 0. The molecular formula is C4H3N3O4. The first-order valence-corrected chi connectivity index (χ1v) is 2.51. The van der Waals surface area contributed by atoms with Crippen LogP contribution in [0.3, 0.4) is 0 Å². The third-order valence-corrected chi connectivity index (χ3v) is 1.05. The van der Waals surface area contributed by atoms with Crippen LogP contribution >= 0.6 is 0 Å². The maximum absolute atomic E-state index is 10.5. The quantitative estimate of drug-likeness (QED) is 0.292. The molecule has 0 aromatic heterocycles. The summed E-state index contributed by atoms with van der Waals surface area (Å²) in [7, 11) is 0. The Morgan fingerprint density at radius 1 is 1.36 bits per heavy atom. The monoisotopic (exact) mass is 157 g/mol. The Hall–Kier alpha value is -1.76. The maximum atomic E-state index is 10.5. The minimum atomic E-state index is -1.24. The van der Waals surface area contributed by atoms with Gasteiger partial charge < -0.3 is 0 Å². The van der Waals surface area contributed by atoms with E-state index in [9.17, 15) is 14.4 Å². The average Bonchev–Trinajstić information content (AvgIpc) is 1.97. The smallest absolute Gasteiger partial charge is 0.279 e. The Morgan fingerprint density at radius 2 is 1.91 bits per heavy atom. The van der Waals surface area contributed by atoms with Crippen molar-refractivity contribution in [3.8, 4) is 0 Å². The third kappa shape index (κ3) is 0.964. The van der Waals surface area contributed by atoms with Crippen LogP contribution in [0.2, 0.25) is 0 Å². The van der Waals surface area contributed by atoms with E-state index in [2.05, 4.69) is 0 Å². The van der Waals surface area contributed by atoms with Crippen LogP contribution in [0.1, 0.15) is 0 Å². The molecule has 0 bridgehead atoms. The minimum Gasteiger partial charge on any atom is -0.279 e. The largest absolute Gasteiger partial charge is 0.354 e. The standard InChI is InChI=1S/C4H3N3O4/c5-2-1(8)3(9)6-4(10)7(2)11/h5,11H,(H,6,9,10). The number of hydroxylamine groups is 2. The van der Waals surface area contributed by atoms with Gasteiger partial charge in [-0.1, -0.05) is 0 Å². The molecule has 11 heavy (non-hydrogen) atoms. The maximum Gasteiger partial charge on any atom is 0.354 e. The number of urea groups is 1. The molecule has 0 saturated carbocycles. The summed E-state index contributed by atoms with van der Waals surface area (Å²) in [5.74, 6) is -3.49. The fraction of sp³-hybridized carbons (Fsp3) is 0. The van der Waals surface area contributed by atoms with Gasteiger partial charge in [0.25, 0.3) is 5.78 Å². The molecule has 7 nitrogen and oxygen atoms in total. The van der Waals surface area contributed by atoms with Gasteiger partial charge in [-0.2, -0.15) is 0 Å². The number of nitrogens with one attached hydrogen (secondary N) is 2. The average molecular weight is 157 g/mol. The molecule has 7 heteroatoms. The van der Waals surface area contributed by atoms with Crippen LogP contribution < -0.4 is 5.32 Å². The first-order chi connectivity index (χ1) is 5.04. The van der Waals surface area contributed by atoms with Crippen molar-refractivity contribution in [2.45, 2.75) is 0 Å². The number of amides is 3. The summed E-state index contributed by atoms with van der Waals surface area (Å²) in [6.45, 7) is 0. The fourth-order valence-corrected chi connectivity index (χ4v) is 0.512. The van der Waals surface area contributed by atoms with Gasteiger partial charge in [0.2, 0.25) is 5.84 Å². The van der Waals surface area contributed by atoms with E-state index < -0.39 is 23.6 Å². The number of carbonyl (C=O) groups excluding carboxylic acids is 3. The molecule has 0 radical (unpaired) electrons. The van der Waals surface area contributed by atoms with E-state index >= 15 is 0 Å². The summed E-state index contributed by atoms with van der Waals surface area (Å²) < 4.78 is 0. The lowest BCUT2D eigenvalue weighted by molar-refractivity contribution is -0.136. The van der Waals surface area contributed by atoms with Crippen molar-refractivity contribution in [3.63, 3.8) is 0 Å². The number of hydrogen-bond donors (Lipinski definition) is 3. The topological polar surface area (TPSA) is 111 Å². The number of imide groups is 1. The molecule has 1 aliphatic rings. The van der Waals surface area contributed by atoms with E-state index in [0.717, 1.165) is 0 Å². The highest BCUT2D eigenvalue weighted by Crippen LogP contribution is 1.94. The van der Waals surface area contributed by atoms with Crippen LogP contribution in [0.25, 0.3) is 0 Å². The highest BCUT2D eigenvalue weighted by molar-refractivity contribution is 6.67. The van der Waals surface area contributed by atoms with E-state index in [1.165, 1.54) is 5.32 Å². The first-order valence-electron chi connectivity index (χ1n) is 2.51. The van der Waals surface area contributed by atoms with Crippen molar-refractivity contribution < 1.29 is 19.6 Å². The van der Waals surface area contributed by atoms with Gasteiger partial charge in [-0.05, 0) is 0 Å². The Bertz CT molecular complexity index is 271. The lowest BCUT2D eigenvalue weighted by atomic mass is 10.3. The molecule has 1 fully saturated rings. The van der Waals surface area contributed by atoms with Crippen molar-refractivity contribution >= 4 is 23.6 Å². The van der Waals surface area contributed by atoms with Gasteiger partial charge in [0.05, 0.1) is 0 Å². The number of rotatable bonds is 0. The van der Waals surface area contributed by atoms with Crippen LogP contribution in [0, 0.1) is 5.41 Å². The Balaban J connectivity index is 2.96. The van der Waals surface area contributed by atoms with Crippen LogP contribution in [-0.2, 0) is 9.59 Å². The van der Waals surface area contributed by atoms with Gasteiger partial charge in [0, 0.05) is 0 Å². The normalized spacial score (nSPS) is 18.8. The van der Waals surface area contributed by atoms with Crippen molar-refractivity contribution in [1.82, 2.24) is 10.4 Å². The van der Waals surface area contributed by atoms with E-state index in [1.807, 2.05) is 0 Å². The SMILES string of the molecule is N=C1C(=O)C(=O)NC(=O)N1O. The van der Waals surface area contributed by atoms with Crippen LogP contribution in [0.5, 0.6) is 0 Å². The van der Waals surface area contributed by atoms with Crippen molar-refractivity contribution in [2.24, 2.45) is 0 Å². The van der Waals surface area contributed by atoms with Crippen LogP contribution in [0.15, 0.2) is 0 Å². The number of amidine groups is 1. The molecule has 0 unspecified atom stereocenters. The highest BCUT2D eigenvalue weighted by atomic mass is 16.5. The van der Waals surface area contributed by atoms with Crippen molar-refractivity contribution in [1.29, 1.82) is 5.41 Å². The van der Waals surface area contributed by atoms with Gasteiger partial charge >= 0.3 is 11.9 Å². The summed E-state index contributed by atoms with van der Waals surface area (Å²) in [4.78, 5) is 31.3. The number of nitrogens with zero attached hydrogens (tertiary/aromatic N) is 1. The number of Topliss-reactive ketones (excluding diaryl/α,β-unsaturated/α-hetero) is 1. The zero-order chi connectivity index (χ0) is 8.59. The molecule has 0 atom stereocenters. The molecular weight excluding hydrogens is 154 g/mol. The van der Waals surface area contributed by atoms with Crippen LogP contribution in [0.4, 0.5) is 4.79 Å². The van der Waals surface area contributed by atoms with E-state index in [1.54, 1.807) is 0 Å². The van der Waals surface area contributed by atoms with E-state index in [4.69, 9.17) is 10.6 Å². The highest BCUT2D eigenvalue weighted by Gasteiger charge is 2.35. The molecule has 0 aromatic carbocycles. The lowest BCUT2D eigenvalue weighted by Gasteiger charge is -2.18. The summed E-state index contributed by atoms with van der Waals surface area (Å²) in [6, 6.07) is -1.19. The summed E-state index contributed by atoms with van der Waals surface area (Å²) in [5, 5.41) is 16.5. The molecule has 0 spiro atoms. The predicted molar refractivity (Wildman–Crippen MR) is 29.9 cm³/mol. The van der Waals surface area contributed by atoms with E-state index in [0.29, 0.717) is 0 Å². The number of hydrogen-bond acceptors (Lipinski definition) is 5. The molecule has 0 aromatic rings. The van der Waals surface area contributed by atoms with Crippen molar-refractivity contribution in [2.75, 3.05) is 0 Å². The Kier molecular flexibility index (Phi) is 1.42. The second-order valence-electron chi connectivity index (χ2n) is 1.75. The third-order valence-electron chi connectivity index (χ3n) is 1.05. The molecule has 1 rings (SSSR count). The summed E-state index contributed by atoms with van der Waals surface area (Å²) in [5.41, 5.74) is 0. The molecule has 58 valence electrons. The zero-order valence-corrected chi connectivity index (χ0v) is 5.12. The number of carbonyl (C=O) groups is 3. The Labute approximate surface area is 60.1 Å². The van der Waals surface area contributed by atoms with Gasteiger partial charge in [-0.3, -0.25) is 25.5 Å². The molecule has 0 aliphatic carbocycles. The molecule has 3 amide bonds. The molecule has 1 heterocycles. The zero-order valence-electron chi connectivity index (χ0n) is 5.12. The fourth-order valence-electron chi connectivity index (χ4n) is 0.512. The second-order valence-corrected chi connectivity index (χ2v) is 1.75. The lowest BCUT2D eigenvalue weighted by Crippen LogP contribution is -2.56. The second kappa shape index (κ2) is 2.13. The van der Waals surface area contributed by atoms with Gasteiger partial charge in [-0.25, -0.2) is 4.79 Å². The molecule has 3 N–H and O–H groups in total. The summed E-state index contributed by atoms with van der Waals surface area (Å²) in [6.07, 6.45) is 0. The van der Waals surface area contributed by atoms with E-state index in [-0.39, 0.29) is 5.06 Å². The molecule has 1 aliphatic heterocycles. The van der Waals surface area contributed by atoms with Gasteiger partial charge in [-0.15, -0.1) is 5.06 Å². The van der Waals surface area contributed by atoms with Crippen LogP contribution in [-0.4, -0.2) is 33.8 Å².